The Balaban J connectivity index is 1.91. The summed E-state index contributed by atoms with van der Waals surface area (Å²) in [4.78, 5) is 0. The fraction of sp³-hybridized carbons (Fsp3) is 1.00. The largest absolute Gasteiger partial charge is 0.381 e. The minimum atomic E-state index is 0.503. The Kier molecular flexibility index (Phi) is 9.21. The monoisotopic (exact) mass is 259 g/mol. The molecule has 0 aromatic rings. The second-order valence-electron chi connectivity index (χ2n) is 5.08. The summed E-state index contributed by atoms with van der Waals surface area (Å²) in [6, 6.07) is 0.708. The predicted octanol–water partition coefficient (Wildman–Crippen LogP) is 3.46. The molecule has 0 aliphatic heterocycles. The van der Waals surface area contributed by atoms with Crippen LogP contribution in [0.5, 0.6) is 0 Å². The van der Waals surface area contributed by atoms with Crippen molar-refractivity contribution in [2.24, 2.45) is 0 Å². The van der Waals surface area contributed by atoms with E-state index in [1.807, 2.05) is 18.9 Å². The fourth-order valence-electron chi connectivity index (χ4n) is 2.58. The lowest BCUT2D eigenvalue weighted by Gasteiger charge is -2.28. The average molecular weight is 259 g/mol. The minimum Gasteiger partial charge on any atom is -0.381 e. The first kappa shape index (κ1) is 15.3. The number of methoxy groups -OCH3 is 1. The molecule has 2 atom stereocenters. The Morgan fingerprint density at radius 3 is 2.76 bits per heavy atom. The molecule has 0 spiro atoms. The van der Waals surface area contributed by atoms with Gasteiger partial charge < -0.3 is 10.1 Å². The molecule has 0 aromatic heterocycles. The number of unbranched alkanes of at least 4 members (excludes halogenated alkanes) is 3. The van der Waals surface area contributed by atoms with Crippen LogP contribution < -0.4 is 5.32 Å². The lowest BCUT2D eigenvalue weighted by Crippen LogP contribution is -2.37. The molecular weight excluding hydrogens is 230 g/mol. The quantitative estimate of drug-likeness (QED) is 0.641. The Morgan fingerprint density at radius 2 is 2.00 bits per heavy atom. The van der Waals surface area contributed by atoms with E-state index in [4.69, 9.17) is 4.74 Å². The number of nitrogens with one attached hydrogen (secondary N) is 1. The number of hydrogen-bond donors (Lipinski definition) is 1. The van der Waals surface area contributed by atoms with Gasteiger partial charge in [-0.2, -0.15) is 11.8 Å². The molecule has 1 saturated carbocycles. The lowest BCUT2D eigenvalue weighted by atomic mass is 9.93. The summed E-state index contributed by atoms with van der Waals surface area (Å²) in [5.41, 5.74) is 0. The van der Waals surface area contributed by atoms with Gasteiger partial charge in [-0.1, -0.05) is 12.8 Å². The summed E-state index contributed by atoms with van der Waals surface area (Å²) < 4.78 is 5.45. The molecular formula is C14H29NOS. The maximum Gasteiger partial charge on any atom is 0.0586 e. The van der Waals surface area contributed by atoms with Crippen molar-refractivity contribution in [3.8, 4) is 0 Å². The molecule has 0 heterocycles. The second-order valence-corrected chi connectivity index (χ2v) is 6.07. The van der Waals surface area contributed by atoms with Gasteiger partial charge in [0.2, 0.25) is 0 Å². The highest BCUT2D eigenvalue weighted by Crippen LogP contribution is 2.20. The molecule has 1 N–H and O–H groups in total. The highest BCUT2D eigenvalue weighted by molar-refractivity contribution is 7.98. The third-order valence-corrected chi connectivity index (χ3v) is 4.36. The van der Waals surface area contributed by atoms with Gasteiger partial charge in [0.25, 0.3) is 0 Å². The van der Waals surface area contributed by atoms with E-state index in [2.05, 4.69) is 11.6 Å². The highest BCUT2D eigenvalue weighted by Gasteiger charge is 2.20. The van der Waals surface area contributed by atoms with Crippen LogP contribution in [0.15, 0.2) is 0 Å². The van der Waals surface area contributed by atoms with E-state index in [0.29, 0.717) is 12.1 Å². The molecule has 1 aliphatic rings. The van der Waals surface area contributed by atoms with Crippen LogP contribution in [0.3, 0.4) is 0 Å². The van der Waals surface area contributed by atoms with Crippen molar-refractivity contribution in [3.63, 3.8) is 0 Å². The van der Waals surface area contributed by atoms with E-state index in [0.717, 1.165) is 0 Å². The van der Waals surface area contributed by atoms with E-state index in [1.54, 1.807) is 0 Å². The number of hydrogen-bond acceptors (Lipinski definition) is 3. The lowest BCUT2D eigenvalue weighted by molar-refractivity contribution is 0.0589. The third-order valence-electron chi connectivity index (χ3n) is 3.67. The molecule has 102 valence electrons. The van der Waals surface area contributed by atoms with E-state index >= 15 is 0 Å². The van der Waals surface area contributed by atoms with Gasteiger partial charge in [-0.25, -0.2) is 0 Å². The van der Waals surface area contributed by atoms with E-state index in [1.165, 1.54) is 63.7 Å². The molecule has 1 fully saturated rings. The van der Waals surface area contributed by atoms with Crippen LogP contribution in [0, 0.1) is 0 Å². The predicted molar refractivity (Wildman–Crippen MR) is 77.9 cm³/mol. The van der Waals surface area contributed by atoms with Crippen molar-refractivity contribution < 1.29 is 4.74 Å². The Morgan fingerprint density at radius 1 is 1.18 bits per heavy atom. The molecule has 2 nitrogen and oxygen atoms in total. The summed E-state index contributed by atoms with van der Waals surface area (Å²) in [5, 5.41) is 3.69. The maximum absolute atomic E-state index is 5.45. The van der Waals surface area contributed by atoms with Crippen molar-refractivity contribution in [1.82, 2.24) is 5.32 Å². The molecule has 0 aromatic carbocycles. The van der Waals surface area contributed by atoms with Gasteiger partial charge >= 0.3 is 0 Å². The standard InChI is InChI=1S/C14H29NOS/c1-16-14-9-7-8-13(12-14)15-10-5-3-4-6-11-17-2/h13-15H,3-12H2,1-2H3. The molecule has 1 rings (SSSR count). The maximum atomic E-state index is 5.45. The first-order valence-corrected chi connectivity index (χ1v) is 8.51. The Labute approximate surface area is 111 Å². The summed E-state index contributed by atoms with van der Waals surface area (Å²) in [6.07, 6.45) is 13.3. The zero-order valence-corrected chi connectivity index (χ0v) is 12.4. The van der Waals surface area contributed by atoms with Crippen LogP contribution in [0.4, 0.5) is 0 Å². The third kappa shape index (κ3) is 7.32. The van der Waals surface area contributed by atoms with Gasteiger partial charge in [-0.3, -0.25) is 0 Å². The normalized spacial score (nSPS) is 25.1. The van der Waals surface area contributed by atoms with Crippen molar-refractivity contribution in [1.29, 1.82) is 0 Å². The zero-order chi connectivity index (χ0) is 12.3. The first-order valence-electron chi connectivity index (χ1n) is 7.12. The smallest absolute Gasteiger partial charge is 0.0586 e. The van der Waals surface area contributed by atoms with Gasteiger partial charge in [0.05, 0.1) is 6.10 Å². The highest BCUT2D eigenvalue weighted by atomic mass is 32.2. The van der Waals surface area contributed by atoms with Gasteiger partial charge in [0.15, 0.2) is 0 Å². The molecule has 0 amide bonds. The second kappa shape index (κ2) is 10.2. The van der Waals surface area contributed by atoms with Crippen molar-refractivity contribution >= 4 is 11.8 Å². The van der Waals surface area contributed by atoms with Gasteiger partial charge in [0.1, 0.15) is 0 Å². The Bertz CT molecular complexity index is 178. The minimum absolute atomic E-state index is 0.503. The van der Waals surface area contributed by atoms with Gasteiger partial charge in [-0.05, 0) is 57.1 Å². The molecule has 0 bridgehead atoms. The fourth-order valence-corrected chi connectivity index (χ4v) is 3.07. The summed E-state index contributed by atoms with van der Waals surface area (Å²) in [6.45, 7) is 1.19. The zero-order valence-electron chi connectivity index (χ0n) is 11.5. The first-order chi connectivity index (χ1) is 8.36. The van der Waals surface area contributed by atoms with E-state index < -0.39 is 0 Å². The molecule has 17 heavy (non-hydrogen) atoms. The van der Waals surface area contributed by atoms with Gasteiger partial charge in [0, 0.05) is 13.2 Å². The van der Waals surface area contributed by atoms with Crippen LogP contribution in [-0.4, -0.2) is 37.8 Å². The SMILES string of the molecule is COC1CCCC(NCCCCCCSC)C1. The summed E-state index contributed by atoms with van der Waals surface area (Å²) >= 11 is 1.96. The molecule has 0 saturated heterocycles. The van der Waals surface area contributed by atoms with Crippen LogP contribution in [0.25, 0.3) is 0 Å². The molecule has 2 unspecified atom stereocenters. The van der Waals surface area contributed by atoms with E-state index in [-0.39, 0.29) is 0 Å². The van der Waals surface area contributed by atoms with Crippen LogP contribution in [0.1, 0.15) is 51.4 Å². The summed E-state index contributed by atoms with van der Waals surface area (Å²) in [5.74, 6) is 1.32. The van der Waals surface area contributed by atoms with Crippen LogP contribution in [-0.2, 0) is 4.74 Å². The van der Waals surface area contributed by atoms with Gasteiger partial charge in [-0.15, -0.1) is 0 Å². The molecule has 1 aliphatic carbocycles. The van der Waals surface area contributed by atoms with E-state index in [9.17, 15) is 0 Å². The van der Waals surface area contributed by atoms with Crippen molar-refractivity contribution in [3.05, 3.63) is 0 Å². The van der Waals surface area contributed by atoms with Crippen molar-refractivity contribution in [2.45, 2.75) is 63.5 Å². The summed E-state index contributed by atoms with van der Waals surface area (Å²) in [7, 11) is 1.85. The number of rotatable bonds is 9. The average Bonchev–Trinajstić information content (AvgIpc) is 2.38. The number of thioether (sulfide) groups is 1. The van der Waals surface area contributed by atoms with Crippen molar-refractivity contribution in [2.75, 3.05) is 25.7 Å². The van der Waals surface area contributed by atoms with Crippen LogP contribution in [0.2, 0.25) is 0 Å². The Hall–Kier alpha value is 0.270. The molecule has 0 radical (unpaired) electrons. The number of ether oxygens (including phenoxy) is 1. The van der Waals surface area contributed by atoms with Crippen LogP contribution >= 0.6 is 11.8 Å². The molecule has 3 heteroatoms. The topological polar surface area (TPSA) is 21.3 Å².